The Morgan fingerprint density at radius 1 is 0.941 bits per heavy atom. The Bertz CT molecular complexity index is 2730. The molecule has 0 unspecified atom stereocenters. The molecule has 2 aromatic carbocycles. The van der Waals surface area contributed by atoms with Gasteiger partial charge in [0.1, 0.15) is 22.0 Å². The molecule has 4 aromatic rings. The maximum atomic E-state index is 12.7. The van der Waals surface area contributed by atoms with Crippen LogP contribution in [0.1, 0.15) is 29.8 Å². The third kappa shape index (κ3) is 18.9. The smallest absolute Gasteiger partial charge is 0.416 e. The van der Waals surface area contributed by atoms with Crippen LogP contribution in [0, 0.1) is 10.1 Å². The molecule has 0 aliphatic heterocycles. The van der Waals surface area contributed by atoms with Crippen molar-refractivity contribution in [3.63, 3.8) is 0 Å². The SMILES string of the molecule is CCOC(=O)COC(=O)c1cc(Oc2ccc(C(F)(F)F)cc2Cl)ccc1[N+](=O)[O-].CCS(=O)(=O)c1cccnc1S(=O)(=O)NC(=O)Nc1nc(OC)cc(OC)n1.O=C(O)CNCP(=O)(O)O. The second-order valence-electron chi connectivity index (χ2n) is 12.3. The van der Waals surface area contributed by atoms with Gasteiger partial charge in [0.05, 0.1) is 61.0 Å². The summed E-state index contributed by atoms with van der Waals surface area (Å²) in [5.41, 5.74) is -2.16. The quantitative estimate of drug-likeness (QED) is 0.0357. The number of alkyl halides is 3. The van der Waals surface area contributed by atoms with E-state index in [1.54, 1.807) is 4.72 Å². The fourth-order valence-corrected chi connectivity index (χ4v) is 7.61. The van der Waals surface area contributed by atoms with Crippen LogP contribution in [-0.4, -0.2) is 122 Å². The standard InChI is InChI=1S/C18H13ClF3NO7.C14H17N5O7S2.C3H8NO5P/c1-2-28-16(24)9-29-17(25)12-8-11(4-5-14(12)23(26)27)30-15-6-3-10(7-13(15)19)18(20,21)22;1-4-27(21,22)9-6-5-7-15-12(9)28(23,24)19-14(20)18-13-16-10(25-2)8-11(17-13)26-3;5-3(6)1-4-2-10(7,8)9/h3-8H,2,9H2,1H3;5-8H,4H2,1-3H3,(H2,16,17,18,19,20);4H,1-2H2,(H,5,6)(H2,7,8,9). The predicted molar refractivity (Wildman–Crippen MR) is 226 cm³/mol. The van der Waals surface area contributed by atoms with Crippen molar-refractivity contribution >= 4 is 74.6 Å². The number of hydrogen-bond acceptors (Lipinski definition) is 20. The molecule has 2 amide bonds. The molecule has 0 aliphatic rings. The topological polar surface area (TPSA) is 378 Å². The number of nitro benzene ring substituents is 1. The fraction of sp³-hybridized carbons (Fsp3) is 0.286. The van der Waals surface area contributed by atoms with E-state index in [1.165, 1.54) is 40.2 Å². The van der Waals surface area contributed by atoms with E-state index >= 15 is 0 Å². The van der Waals surface area contributed by atoms with Gasteiger partial charge in [-0.3, -0.25) is 30.1 Å². The summed E-state index contributed by atoms with van der Waals surface area (Å²) in [5.74, 6) is -4.02. The van der Waals surface area contributed by atoms with E-state index in [0.717, 1.165) is 42.6 Å². The minimum atomic E-state index is -4.61. The average Bonchev–Trinajstić information content (AvgIpc) is 3.25. The van der Waals surface area contributed by atoms with Gasteiger partial charge in [0, 0.05) is 18.3 Å². The Morgan fingerprint density at radius 2 is 1.57 bits per heavy atom. The molecule has 0 radical (unpaired) electrons. The number of sulfonamides is 1. The Morgan fingerprint density at radius 3 is 2.09 bits per heavy atom. The number of hydrogen-bond donors (Lipinski definition) is 6. The van der Waals surface area contributed by atoms with E-state index in [-0.39, 0.29) is 46.6 Å². The number of halogens is 4. The van der Waals surface area contributed by atoms with Crippen LogP contribution in [0.4, 0.5) is 29.6 Å². The minimum Gasteiger partial charge on any atom is -0.481 e. The third-order valence-electron chi connectivity index (χ3n) is 7.35. The molecule has 0 spiro atoms. The molecule has 2 heterocycles. The number of aromatic nitrogens is 3. The number of carboxylic acid groups (broad SMARTS) is 1. The lowest BCUT2D eigenvalue weighted by Gasteiger charge is -2.12. The number of rotatable bonds is 18. The highest BCUT2D eigenvalue weighted by molar-refractivity contribution is 7.93. The number of nitrogens with one attached hydrogen (secondary N) is 3. The van der Waals surface area contributed by atoms with E-state index in [1.807, 2.05) is 0 Å². The van der Waals surface area contributed by atoms with E-state index < -0.39 is 109 Å². The van der Waals surface area contributed by atoms with Gasteiger partial charge in [0.2, 0.25) is 17.7 Å². The molecule has 0 atom stereocenters. The molecule has 2 aromatic heterocycles. The minimum absolute atomic E-state index is 0.0493. The Hall–Kier alpha value is -6.76. The van der Waals surface area contributed by atoms with Gasteiger partial charge in [0.15, 0.2) is 21.5 Å². The predicted octanol–water partition coefficient (Wildman–Crippen LogP) is 3.77. The summed E-state index contributed by atoms with van der Waals surface area (Å²) in [7, 11) is -9.94. The van der Waals surface area contributed by atoms with Crippen molar-refractivity contribution < 1.29 is 97.3 Å². The van der Waals surface area contributed by atoms with Crippen molar-refractivity contribution in [3.8, 4) is 23.3 Å². The molecule has 6 N–H and O–H groups in total. The number of pyridine rings is 1. The van der Waals surface area contributed by atoms with Crippen LogP contribution in [0.25, 0.3) is 0 Å². The summed E-state index contributed by atoms with van der Waals surface area (Å²) < 4.78 is 123. The van der Waals surface area contributed by atoms with Crippen molar-refractivity contribution in [1.82, 2.24) is 25.0 Å². The largest absolute Gasteiger partial charge is 0.481 e. The Kier molecular flexibility index (Phi) is 21.4. The van der Waals surface area contributed by atoms with Crippen molar-refractivity contribution in [1.29, 1.82) is 0 Å². The number of nitro groups is 1. The lowest BCUT2D eigenvalue weighted by molar-refractivity contribution is -0.385. The highest BCUT2D eigenvalue weighted by Gasteiger charge is 2.32. The third-order valence-corrected chi connectivity index (χ3v) is 11.5. The number of carbonyl (C=O) groups is 4. The summed E-state index contributed by atoms with van der Waals surface area (Å²) in [6.07, 6.45) is -4.11. The van der Waals surface area contributed by atoms with Crippen molar-refractivity contribution in [2.24, 2.45) is 0 Å². The number of carboxylic acids is 1. The maximum Gasteiger partial charge on any atom is 0.416 e. The summed E-state index contributed by atoms with van der Waals surface area (Å²) in [6.45, 7) is 1.74. The van der Waals surface area contributed by atoms with E-state index in [0.29, 0.717) is 6.07 Å². The first-order chi connectivity index (χ1) is 31.6. The summed E-state index contributed by atoms with van der Waals surface area (Å²) in [4.78, 5) is 82.7. The van der Waals surface area contributed by atoms with Crippen LogP contribution >= 0.6 is 19.2 Å². The van der Waals surface area contributed by atoms with Crippen LogP contribution < -0.4 is 29.6 Å². The number of benzene rings is 2. The molecule has 0 aliphatic carbocycles. The molecular weight excluding hydrogens is 1010 g/mol. The highest BCUT2D eigenvalue weighted by atomic mass is 35.5. The van der Waals surface area contributed by atoms with Crippen molar-refractivity contribution in [2.45, 2.75) is 29.9 Å². The zero-order valence-electron chi connectivity index (χ0n) is 35.2. The molecule has 68 heavy (non-hydrogen) atoms. The number of carbonyl (C=O) groups excluding carboxylic acids is 3. The molecular formula is C35H38ClF3N7O19PS2. The molecule has 372 valence electrons. The molecule has 0 fully saturated rings. The van der Waals surface area contributed by atoms with Gasteiger partial charge in [-0.2, -0.15) is 31.6 Å². The maximum absolute atomic E-state index is 12.7. The van der Waals surface area contributed by atoms with Crippen LogP contribution in [0.15, 0.2) is 70.7 Å². The van der Waals surface area contributed by atoms with Gasteiger partial charge in [-0.15, -0.1) is 0 Å². The second-order valence-corrected chi connectivity index (χ2v) is 18.1. The number of esters is 2. The summed E-state index contributed by atoms with van der Waals surface area (Å²) in [5, 5.41) is 22.2. The van der Waals surface area contributed by atoms with Crippen LogP contribution in [0.5, 0.6) is 23.3 Å². The van der Waals surface area contributed by atoms with Gasteiger partial charge < -0.3 is 38.6 Å². The fourth-order valence-electron chi connectivity index (χ4n) is 4.44. The summed E-state index contributed by atoms with van der Waals surface area (Å²) in [6, 6.07) is 7.83. The van der Waals surface area contributed by atoms with Gasteiger partial charge in [-0.05, 0) is 43.3 Å². The molecule has 4 rings (SSSR count). The van der Waals surface area contributed by atoms with Crippen LogP contribution in [0.2, 0.25) is 5.02 Å². The number of sulfone groups is 1. The van der Waals surface area contributed by atoms with E-state index in [2.05, 4.69) is 30.3 Å². The summed E-state index contributed by atoms with van der Waals surface area (Å²) >= 11 is 5.81. The van der Waals surface area contributed by atoms with E-state index in [4.69, 9.17) is 45.4 Å². The second kappa shape index (κ2) is 25.4. The lowest BCUT2D eigenvalue weighted by atomic mass is 10.1. The van der Waals surface area contributed by atoms with Gasteiger partial charge in [0.25, 0.3) is 15.7 Å². The zero-order valence-corrected chi connectivity index (χ0v) is 38.5. The molecule has 0 bridgehead atoms. The number of methoxy groups -OCH3 is 2. The van der Waals surface area contributed by atoms with Crippen LogP contribution in [-0.2, 0) is 49.7 Å². The van der Waals surface area contributed by atoms with Crippen molar-refractivity contribution in [3.05, 3.63) is 87.1 Å². The first-order valence-electron chi connectivity index (χ1n) is 18.2. The first kappa shape index (κ1) is 57.4. The van der Waals surface area contributed by atoms with Gasteiger partial charge in [-0.1, -0.05) is 18.5 Å². The number of ether oxygens (including phenoxy) is 5. The Labute approximate surface area is 387 Å². The average molecular weight is 1050 g/mol. The van der Waals surface area contributed by atoms with Gasteiger partial charge in [-0.25, -0.2) is 32.5 Å². The molecule has 0 saturated carbocycles. The van der Waals surface area contributed by atoms with E-state index in [9.17, 15) is 63.9 Å². The first-order valence-corrected chi connectivity index (χ1v) is 23.5. The van der Waals surface area contributed by atoms with Crippen LogP contribution in [0.3, 0.4) is 0 Å². The number of anilines is 1. The Balaban J connectivity index is 0.000000390. The number of amides is 2. The number of nitrogens with zero attached hydrogens (tertiary/aromatic N) is 4. The zero-order chi connectivity index (χ0) is 51.6. The normalized spacial score (nSPS) is 11.3. The lowest BCUT2D eigenvalue weighted by Crippen LogP contribution is -2.36. The van der Waals surface area contributed by atoms with Crippen molar-refractivity contribution in [2.75, 3.05) is 51.3 Å². The molecule has 0 saturated heterocycles. The highest BCUT2D eigenvalue weighted by Crippen LogP contribution is 2.37. The molecule has 33 heteroatoms. The number of urea groups is 1. The molecule has 26 nitrogen and oxygen atoms in total. The van der Waals surface area contributed by atoms with Gasteiger partial charge >= 0.3 is 37.7 Å². The number of aliphatic carboxylic acids is 1. The monoisotopic (exact) mass is 1050 g/mol.